The molecule has 1 heterocycles. The van der Waals surface area contributed by atoms with Gasteiger partial charge in [0.2, 0.25) is 5.76 Å². The first-order valence-electron chi connectivity index (χ1n) is 4.60. The number of halogens is 1. The van der Waals surface area contributed by atoms with E-state index in [0.717, 1.165) is 6.07 Å². The molecule has 0 aliphatic rings. The lowest BCUT2D eigenvalue weighted by Crippen LogP contribution is -2.07. The van der Waals surface area contributed by atoms with Crippen molar-refractivity contribution in [2.24, 2.45) is 0 Å². The maximum absolute atomic E-state index is 11.6. The van der Waals surface area contributed by atoms with Gasteiger partial charge in [-0.25, -0.2) is 4.79 Å². The zero-order valence-electron chi connectivity index (χ0n) is 8.62. The lowest BCUT2D eigenvalue weighted by atomic mass is 10.1. The minimum absolute atomic E-state index is 0. The molecule has 0 saturated heterocycles. The molecular formula is C12H9ClO4. The molecule has 5 heteroatoms. The van der Waals surface area contributed by atoms with Gasteiger partial charge in [0.15, 0.2) is 5.43 Å². The van der Waals surface area contributed by atoms with Crippen LogP contribution in [0.1, 0.15) is 10.6 Å². The normalized spacial score (nSPS) is 9.41. The SMILES string of the molecule is Cl.O=C(O)c1cc(=O)c(-c2ccccc2)co1. The number of benzene rings is 1. The number of carboxylic acid groups (broad SMARTS) is 1. The van der Waals surface area contributed by atoms with Gasteiger partial charge in [-0.1, -0.05) is 30.3 Å². The van der Waals surface area contributed by atoms with Crippen LogP contribution in [0, 0.1) is 0 Å². The highest BCUT2D eigenvalue weighted by Crippen LogP contribution is 2.14. The van der Waals surface area contributed by atoms with Crippen molar-refractivity contribution < 1.29 is 14.3 Å². The van der Waals surface area contributed by atoms with Crippen LogP contribution in [0.3, 0.4) is 0 Å². The van der Waals surface area contributed by atoms with E-state index >= 15 is 0 Å². The fourth-order valence-corrected chi connectivity index (χ4v) is 1.35. The van der Waals surface area contributed by atoms with Crippen molar-refractivity contribution >= 4 is 18.4 Å². The van der Waals surface area contributed by atoms with Crippen LogP contribution in [0.2, 0.25) is 0 Å². The topological polar surface area (TPSA) is 67.5 Å². The number of hydrogen-bond acceptors (Lipinski definition) is 3. The van der Waals surface area contributed by atoms with Gasteiger partial charge in [-0.3, -0.25) is 4.79 Å². The smallest absolute Gasteiger partial charge is 0.371 e. The van der Waals surface area contributed by atoms with Crippen molar-refractivity contribution in [3.63, 3.8) is 0 Å². The van der Waals surface area contributed by atoms with Crippen molar-refractivity contribution in [3.8, 4) is 11.1 Å². The summed E-state index contributed by atoms with van der Waals surface area (Å²) in [4.78, 5) is 22.2. The van der Waals surface area contributed by atoms with Gasteiger partial charge in [-0.05, 0) is 5.56 Å². The number of hydrogen-bond donors (Lipinski definition) is 1. The fraction of sp³-hybridized carbons (Fsp3) is 0. The van der Waals surface area contributed by atoms with E-state index < -0.39 is 5.97 Å². The highest BCUT2D eigenvalue weighted by molar-refractivity contribution is 5.85. The molecule has 1 aromatic carbocycles. The molecule has 4 nitrogen and oxygen atoms in total. The Morgan fingerprint density at radius 2 is 1.82 bits per heavy atom. The first-order chi connectivity index (χ1) is 7.68. The van der Waals surface area contributed by atoms with Crippen LogP contribution in [-0.2, 0) is 0 Å². The van der Waals surface area contributed by atoms with Crippen LogP contribution in [0.5, 0.6) is 0 Å². The minimum Gasteiger partial charge on any atom is -0.475 e. The van der Waals surface area contributed by atoms with Gasteiger partial charge >= 0.3 is 5.97 Å². The van der Waals surface area contributed by atoms with E-state index in [1.807, 2.05) is 6.07 Å². The Labute approximate surface area is 103 Å². The maximum Gasteiger partial charge on any atom is 0.371 e. The Kier molecular flexibility index (Phi) is 4.06. The third kappa shape index (κ3) is 2.73. The van der Waals surface area contributed by atoms with Crippen molar-refractivity contribution in [3.05, 3.63) is 58.6 Å². The van der Waals surface area contributed by atoms with Gasteiger partial charge < -0.3 is 9.52 Å². The van der Waals surface area contributed by atoms with E-state index in [9.17, 15) is 9.59 Å². The van der Waals surface area contributed by atoms with Crippen molar-refractivity contribution in [1.29, 1.82) is 0 Å². The minimum atomic E-state index is -1.25. The fourth-order valence-electron chi connectivity index (χ4n) is 1.35. The predicted molar refractivity (Wildman–Crippen MR) is 64.6 cm³/mol. The average molecular weight is 253 g/mol. The molecular weight excluding hydrogens is 244 g/mol. The first kappa shape index (κ1) is 13.0. The average Bonchev–Trinajstić information content (AvgIpc) is 2.30. The quantitative estimate of drug-likeness (QED) is 0.891. The number of aromatic carboxylic acids is 1. The summed E-state index contributed by atoms with van der Waals surface area (Å²) in [6.07, 6.45) is 1.17. The Bertz CT molecular complexity index is 575. The molecule has 0 radical (unpaired) electrons. The van der Waals surface area contributed by atoms with Gasteiger partial charge in [0.1, 0.15) is 6.26 Å². The lowest BCUT2D eigenvalue weighted by molar-refractivity contribution is 0.0659. The van der Waals surface area contributed by atoms with Crippen molar-refractivity contribution in [2.75, 3.05) is 0 Å². The van der Waals surface area contributed by atoms with Crippen LogP contribution in [0.15, 0.2) is 51.9 Å². The molecule has 1 N–H and O–H groups in total. The van der Waals surface area contributed by atoms with Crippen LogP contribution in [0.4, 0.5) is 0 Å². The van der Waals surface area contributed by atoms with Crippen LogP contribution in [-0.4, -0.2) is 11.1 Å². The van der Waals surface area contributed by atoms with Crippen molar-refractivity contribution in [1.82, 2.24) is 0 Å². The summed E-state index contributed by atoms with van der Waals surface area (Å²) in [6, 6.07) is 9.90. The molecule has 1 aromatic heterocycles. The van der Waals surface area contributed by atoms with E-state index in [4.69, 9.17) is 9.52 Å². The van der Waals surface area contributed by atoms with Gasteiger partial charge in [0.25, 0.3) is 0 Å². The summed E-state index contributed by atoms with van der Waals surface area (Å²) in [7, 11) is 0. The number of rotatable bonds is 2. The van der Waals surface area contributed by atoms with Gasteiger partial charge in [-0.2, -0.15) is 0 Å². The monoisotopic (exact) mass is 252 g/mol. The molecule has 88 valence electrons. The highest BCUT2D eigenvalue weighted by atomic mass is 35.5. The number of carbonyl (C=O) groups is 1. The summed E-state index contributed by atoms with van der Waals surface area (Å²) in [5, 5.41) is 8.64. The standard InChI is InChI=1S/C12H8O4.ClH/c13-10-6-11(12(14)15)16-7-9(10)8-4-2-1-3-5-8;/h1-7H,(H,14,15);1H. The van der Waals surface area contributed by atoms with Gasteiger partial charge in [-0.15, -0.1) is 12.4 Å². The predicted octanol–water partition coefficient (Wildman–Crippen LogP) is 2.43. The Balaban J connectivity index is 0.00000144. The van der Waals surface area contributed by atoms with E-state index in [0.29, 0.717) is 11.1 Å². The summed E-state index contributed by atoms with van der Waals surface area (Å²) >= 11 is 0. The molecule has 0 amide bonds. The molecule has 2 aromatic rings. The first-order valence-corrected chi connectivity index (χ1v) is 4.60. The second-order valence-electron chi connectivity index (χ2n) is 3.19. The van der Waals surface area contributed by atoms with E-state index in [2.05, 4.69) is 0 Å². The Morgan fingerprint density at radius 3 is 2.35 bits per heavy atom. The highest BCUT2D eigenvalue weighted by Gasteiger charge is 2.10. The lowest BCUT2D eigenvalue weighted by Gasteiger charge is -1.99. The van der Waals surface area contributed by atoms with Crippen LogP contribution < -0.4 is 5.43 Å². The van der Waals surface area contributed by atoms with E-state index in [1.54, 1.807) is 24.3 Å². The summed E-state index contributed by atoms with van der Waals surface area (Å²) in [5.74, 6) is -1.61. The Hall–Kier alpha value is -2.07. The molecule has 0 aliphatic heterocycles. The third-order valence-electron chi connectivity index (χ3n) is 2.13. The molecule has 2 rings (SSSR count). The Morgan fingerprint density at radius 1 is 1.18 bits per heavy atom. The number of carboxylic acids is 1. The second kappa shape index (κ2) is 5.32. The summed E-state index contributed by atoms with van der Waals surface area (Å²) in [5.41, 5.74) is 0.689. The van der Waals surface area contributed by atoms with E-state index in [1.165, 1.54) is 6.26 Å². The second-order valence-corrected chi connectivity index (χ2v) is 3.19. The van der Waals surface area contributed by atoms with E-state index in [-0.39, 0.29) is 23.6 Å². The molecule has 0 atom stereocenters. The molecule has 0 saturated carbocycles. The molecule has 17 heavy (non-hydrogen) atoms. The zero-order chi connectivity index (χ0) is 11.5. The van der Waals surface area contributed by atoms with Gasteiger partial charge in [0, 0.05) is 6.07 Å². The van der Waals surface area contributed by atoms with Gasteiger partial charge in [0.05, 0.1) is 5.56 Å². The largest absolute Gasteiger partial charge is 0.475 e. The molecule has 0 unspecified atom stereocenters. The maximum atomic E-state index is 11.6. The molecule has 0 aliphatic carbocycles. The molecule has 0 spiro atoms. The summed E-state index contributed by atoms with van der Waals surface area (Å²) in [6.45, 7) is 0. The van der Waals surface area contributed by atoms with Crippen molar-refractivity contribution in [2.45, 2.75) is 0 Å². The molecule has 0 fully saturated rings. The molecule has 0 bridgehead atoms. The summed E-state index contributed by atoms with van der Waals surface area (Å²) < 4.78 is 4.86. The van der Waals surface area contributed by atoms with Crippen LogP contribution in [0.25, 0.3) is 11.1 Å². The zero-order valence-corrected chi connectivity index (χ0v) is 9.44. The van der Waals surface area contributed by atoms with Crippen LogP contribution >= 0.6 is 12.4 Å². The third-order valence-corrected chi connectivity index (χ3v) is 2.13.